The summed E-state index contributed by atoms with van der Waals surface area (Å²) < 4.78 is 10.3. The van der Waals surface area contributed by atoms with Crippen molar-refractivity contribution < 1.29 is 9.26 Å². The van der Waals surface area contributed by atoms with Gasteiger partial charge >= 0.3 is 0 Å². The summed E-state index contributed by atoms with van der Waals surface area (Å²) in [5.74, 6) is 1.33. The third-order valence-corrected chi connectivity index (χ3v) is 3.45. The summed E-state index contributed by atoms with van der Waals surface area (Å²) in [7, 11) is 5.83. The molecule has 2 unspecified atom stereocenters. The van der Waals surface area contributed by atoms with E-state index in [1.807, 2.05) is 0 Å². The quantitative estimate of drug-likeness (QED) is 0.772. The highest BCUT2D eigenvalue weighted by Crippen LogP contribution is 2.20. The van der Waals surface area contributed by atoms with Crippen molar-refractivity contribution in [3.63, 3.8) is 0 Å². The number of aromatic nitrogens is 2. The van der Waals surface area contributed by atoms with Crippen LogP contribution in [0.25, 0.3) is 0 Å². The van der Waals surface area contributed by atoms with Gasteiger partial charge in [-0.1, -0.05) is 5.16 Å². The zero-order valence-corrected chi connectivity index (χ0v) is 11.9. The monoisotopic (exact) mass is 269 g/mol. The molecule has 0 saturated carbocycles. The average molecular weight is 269 g/mol. The van der Waals surface area contributed by atoms with Gasteiger partial charge in [0.1, 0.15) is 0 Å². The highest BCUT2D eigenvalue weighted by molar-refractivity contribution is 4.98. The molecule has 2 N–H and O–H groups in total. The number of hydrogen-bond donors (Lipinski definition) is 1. The molecule has 108 valence electrons. The van der Waals surface area contributed by atoms with E-state index in [0.29, 0.717) is 18.9 Å². The van der Waals surface area contributed by atoms with Crippen LogP contribution in [0.2, 0.25) is 0 Å². The van der Waals surface area contributed by atoms with Gasteiger partial charge in [-0.3, -0.25) is 4.90 Å². The van der Waals surface area contributed by atoms with E-state index < -0.39 is 0 Å². The number of likely N-dealkylation sites (N-methyl/N-ethyl adjacent to an activating group) is 2. The van der Waals surface area contributed by atoms with E-state index in [2.05, 4.69) is 34.0 Å². The van der Waals surface area contributed by atoms with E-state index >= 15 is 0 Å². The Morgan fingerprint density at radius 3 is 3.00 bits per heavy atom. The molecule has 2 atom stereocenters. The minimum Gasteiger partial charge on any atom is -0.383 e. The summed E-state index contributed by atoms with van der Waals surface area (Å²) in [6.45, 7) is 3.48. The molecule has 2 rings (SSSR count). The molecule has 0 amide bonds. The maximum atomic E-state index is 5.88. The van der Waals surface area contributed by atoms with Crippen molar-refractivity contribution in [3.05, 3.63) is 11.7 Å². The summed E-state index contributed by atoms with van der Waals surface area (Å²) in [6.07, 6.45) is 0.549. The first-order chi connectivity index (χ1) is 9.10. The average Bonchev–Trinajstić information content (AvgIpc) is 2.81. The Bertz CT molecular complexity index is 397. The first-order valence-corrected chi connectivity index (χ1v) is 6.56. The second kappa shape index (κ2) is 6.42. The second-order valence-electron chi connectivity index (χ2n) is 5.22. The maximum absolute atomic E-state index is 5.88. The van der Waals surface area contributed by atoms with Crippen LogP contribution in [0.1, 0.15) is 17.8 Å². The van der Waals surface area contributed by atoms with Gasteiger partial charge in [0.2, 0.25) is 5.89 Å². The molecule has 1 aromatic rings. The molecule has 0 aliphatic carbocycles. The Balaban J connectivity index is 1.99. The summed E-state index contributed by atoms with van der Waals surface area (Å²) in [5.41, 5.74) is 5.88. The van der Waals surface area contributed by atoms with Crippen molar-refractivity contribution in [2.24, 2.45) is 5.73 Å². The molecule has 0 spiro atoms. The molecule has 1 aromatic heterocycles. The molecule has 1 fully saturated rings. The van der Waals surface area contributed by atoms with Crippen molar-refractivity contribution in [2.45, 2.75) is 18.5 Å². The third kappa shape index (κ3) is 3.73. The van der Waals surface area contributed by atoms with Crippen LogP contribution >= 0.6 is 0 Å². The number of nitrogens with zero attached hydrogens (tertiary/aromatic N) is 4. The summed E-state index contributed by atoms with van der Waals surface area (Å²) in [5, 5.41) is 4.09. The van der Waals surface area contributed by atoms with E-state index in [-0.39, 0.29) is 12.1 Å². The minimum atomic E-state index is -0.106. The van der Waals surface area contributed by atoms with Gasteiger partial charge in [0.05, 0.1) is 12.6 Å². The molecular formula is C12H23N5O2. The lowest BCUT2D eigenvalue weighted by Crippen LogP contribution is -2.45. The molecule has 1 aliphatic rings. The van der Waals surface area contributed by atoms with Gasteiger partial charge in [0.15, 0.2) is 5.82 Å². The largest absolute Gasteiger partial charge is 0.383 e. The Labute approximate surface area is 113 Å². The fraction of sp³-hybridized carbons (Fsp3) is 0.833. The topological polar surface area (TPSA) is 80.7 Å². The van der Waals surface area contributed by atoms with Crippen LogP contribution in [0.15, 0.2) is 4.52 Å². The lowest BCUT2D eigenvalue weighted by molar-refractivity contribution is 0.108. The van der Waals surface area contributed by atoms with E-state index in [0.717, 1.165) is 25.5 Å². The van der Waals surface area contributed by atoms with Crippen LogP contribution in [0, 0.1) is 0 Å². The Hall–Kier alpha value is -1.02. The molecule has 0 bridgehead atoms. The highest BCUT2D eigenvalue weighted by atomic mass is 16.5. The zero-order valence-electron chi connectivity index (χ0n) is 11.9. The number of methoxy groups -OCH3 is 1. The molecular weight excluding hydrogens is 246 g/mol. The number of rotatable bonds is 5. The van der Waals surface area contributed by atoms with Gasteiger partial charge in [0.25, 0.3) is 0 Å². The van der Waals surface area contributed by atoms with E-state index in [1.54, 1.807) is 7.11 Å². The van der Waals surface area contributed by atoms with Crippen LogP contribution in [-0.2, 0) is 11.2 Å². The second-order valence-corrected chi connectivity index (χ2v) is 5.22. The molecule has 7 heteroatoms. The smallest absolute Gasteiger partial charge is 0.228 e. The standard InChI is InChI=1S/C12H23N5O2/c1-16-4-5-17(2)10(7-16)12-14-11(19-15-12)6-9(13)8-18-3/h9-10H,4-8,13H2,1-3H3. The van der Waals surface area contributed by atoms with E-state index in [9.17, 15) is 0 Å². The van der Waals surface area contributed by atoms with Crippen LogP contribution < -0.4 is 5.73 Å². The summed E-state index contributed by atoms with van der Waals surface area (Å²) in [4.78, 5) is 8.99. The molecule has 19 heavy (non-hydrogen) atoms. The van der Waals surface area contributed by atoms with Gasteiger partial charge in [-0.15, -0.1) is 0 Å². The number of hydrogen-bond acceptors (Lipinski definition) is 7. The zero-order chi connectivity index (χ0) is 13.8. The molecule has 0 aromatic carbocycles. The number of piperazine rings is 1. The lowest BCUT2D eigenvalue weighted by Gasteiger charge is -2.35. The Morgan fingerprint density at radius 1 is 1.47 bits per heavy atom. The summed E-state index contributed by atoms with van der Waals surface area (Å²) in [6, 6.07) is 0.0833. The molecule has 1 aliphatic heterocycles. The maximum Gasteiger partial charge on any atom is 0.228 e. The van der Waals surface area contributed by atoms with Gasteiger partial charge < -0.3 is 19.9 Å². The predicted molar refractivity (Wildman–Crippen MR) is 70.7 cm³/mol. The van der Waals surface area contributed by atoms with E-state index in [1.165, 1.54) is 0 Å². The minimum absolute atomic E-state index is 0.106. The summed E-state index contributed by atoms with van der Waals surface area (Å²) >= 11 is 0. The Kier molecular flexibility index (Phi) is 4.87. The van der Waals surface area contributed by atoms with Crippen LogP contribution in [0.5, 0.6) is 0 Å². The number of nitrogens with two attached hydrogens (primary N) is 1. The number of ether oxygens (including phenoxy) is 1. The van der Waals surface area contributed by atoms with Crippen molar-refractivity contribution >= 4 is 0 Å². The van der Waals surface area contributed by atoms with Crippen molar-refractivity contribution in [3.8, 4) is 0 Å². The fourth-order valence-electron chi connectivity index (χ4n) is 2.27. The van der Waals surface area contributed by atoms with Crippen molar-refractivity contribution in [1.82, 2.24) is 19.9 Å². The van der Waals surface area contributed by atoms with Gasteiger partial charge in [-0.05, 0) is 14.1 Å². The lowest BCUT2D eigenvalue weighted by atomic mass is 10.2. The highest BCUT2D eigenvalue weighted by Gasteiger charge is 2.28. The van der Waals surface area contributed by atoms with Crippen LogP contribution in [-0.4, -0.2) is 73.4 Å². The van der Waals surface area contributed by atoms with Gasteiger partial charge in [0, 0.05) is 39.2 Å². The van der Waals surface area contributed by atoms with Crippen LogP contribution in [0.3, 0.4) is 0 Å². The Morgan fingerprint density at radius 2 is 2.26 bits per heavy atom. The normalized spacial score (nSPS) is 23.7. The van der Waals surface area contributed by atoms with Gasteiger partial charge in [-0.25, -0.2) is 0 Å². The third-order valence-electron chi connectivity index (χ3n) is 3.45. The molecule has 7 nitrogen and oxygen atoms in total. The predicted octanol–water partition coefficient (Wildman–Crippen LogP) is -0.496. The fourth-order valence-corrected chi connectivity index (χ4v) is 2.27. The molecule has 2 heterocycles. The first-order valence-electron chi connectivity index (χ1n) is 6.56. The molecule has 0 radical (unpaired) electrons. The van der Waals surface area contributed by atoms with E-state index in [4.69, 9.17) is 15.0 Å². The van der Waals surface area contributed by atoms with Crippen molar-refractivity contribution in [1.29, 1.82) is 0 Å². The SMILES string of the molecule is COCC(N)Cc1nc(C2CN(C)CCN2C)no1. The molecule has 1 saturated heterocycles. The van der Waals surface area contributed by atoms with Crippen LogP contribution in [0.4, 0.5) is 0 Å². The van der Waals surface area contributed by atoms with Gasteiger partial charge in [-0.2, -0.15) is 4.98 Å². The first kappa shape index (κ1) is 14.4. The van der Waals surface area contributed by atoms with Crippen molar-refractivity contribution in [2.75, 3.05) is 47.4 Å².